The van der Waals surface area contributed by atoms with Gasteiger partial charge in [-0.05, 0) is 62.0 Å². The smallest absolute Gasteiger partial charge is 0.278 e. The SMILES string of the molecule is C/C=C(\C)N1CCCN(CCSN(Cc2ccc(C3=NN=C(C(F)F)C3)cc2)c2ccccc2)CC1.CC. The molecule has 0 atom stereocenters. The fourth-order valence-corrected chi connectivity index (χ4v) is 5.50. The zero-order valence-corrected chi connectivity index (χ0v) is 23.9. The molecule has 0 radical (unpaired) electrons. The normalized spacial score (nSPS) is 16.5. The zero-order valence-electron chi connectivity index (χ0n) is 23.1. The minimum atomic E-state index is -2.55. The molecule has 0 spiro atoms. The number of para-hydroxylation sites is 1. The van der Waals surface area contributed by atoms with Gasteiger partial charge in [0.1, 0.15) is 5.71 Å². The third-order valence-electron chi connectivity index (χ3n) is 6.72. The molecule has 0 aliphatic carbocycles. The fourth-order valence-electron chi connectivity index (χ4n) is 4.43. The van der Waals surface area contributed by atoms with Gasteiger partial charge in [-0.1, -0.05) is 62.4 Å². The molecule has 1 fully saturated rings. The molecule has 2 heterocycles. The summed E-state index contributed by atoms with van der Waals surface area (Å²) in [5, 5.41) is 7.59. The number of anilines is 1. The van der Waals surface area contributed by atoms with Crippen LogP contribution in [0, 0.1) is 0 Å². The third-order valence-corrected chi connectivity index (χ3v) is 7.73. The first-order valence-electron chi connectivity index (χ1n) is 13.6. The van der Waals surface area contributed by atoms with E-state index in [0.717, 1.165) is 56.1 Å². The molecule has 0 aromatic heterocycles. The highest BCUT2D eigenvalue weighted by atomic mass is 32.2. The highest BCUT2D eigenvalue weighted by molar-refractivity contribution is 8.00. The third kappa shape index (κ3) is 8.67. The molecular formula is C30H41F2N5S. The average Bonchev–Trinajstić information content (AvgIpc) is 3.35. The molecular weight excluding hydrogens is 500 g/mol. The van der Waals surface area contributed by atoms with E-state index in [4.69, 9.17) is 0 Å². The second kappa shape index (κ2) is 15.6. The van der Waals surface area contributed by atoms with E-state index in [9.17, 15) is 8.78 Å². The predicted octanol–water partition coefficient (Wildman–Crippen LogP) is 7.11. The van der Waals surface area contributed by atoms with Gasteiger partial charge in [0.05, 0.1) is 12.3 Å². The Labute approximate surface area is 231 Å². The maximum absolute atomic E-state index is 12.9. The van der Waals surface area contributed by atoms with Crippen LogP contribution in [0.5, 0.6) is 0 Å². The molecule has 0 unspecified atom stereocenters. The number of halogens is 2. The Balaban J connectivity index is 0.00000195. The molecule has 8 heteroatoms. The lowest BCUT2D eigenvalue weighted by Crippen LogP contribution is -2.32. The van der Waals surface area contributed by atoms with Crippen LogP contribution >= 0.6 is 11.9 Å². The highest BCUT2D eigenvalue weighted by Gasteiger charge is 2.22. The first-order chi connectivity index (χ1) is 18.5. The maximum atomic E-state index is 12.9. The van der Waals surface area contributed by atoms with Crippen molar-refractivity contribution in [2.75, 3.05) is 42.8 Å². The molecule has 0 bridgehead atoms. The van der Waals surface area contributed by atoms with E-state index in [-0.39, 0.29) is 12.1 Å². The van der Waals surface area contributed by atoms with Crippen LogP contribution in [-0.4, -0.2) is 66.1 Å². The number of alkyl halides is 2. The molecule has 5 nitrogen and oxygen atoms in total. The predicted molar refractivity (Wildman–Crippen MR) is 160 cm³/mol. The monoisotopic (exact) mass is 541 g/mol. The quantitative estimate of drug-likeness (QED) is 0.300. The van der Waals surface area contributed by atoms with E-state index in [0.29, 0.717) is 5.71 Å². The molecule has 4 rings (SSSR count). The Hall–Kier alpha value is -2.71. The van der Waals surface area contributed by atoms with E-state index >= 15 is 0 Å². The van der Waals surface area contributed by atoms with Crippen molar-refractivity contribution in [2.45, 2.75) is 53.5 Å². The van der Waals surface area contributed by atoms with E-state index in [1.807, 2.05) is 44.0 Å². The van der Waals surface area contributed by atoms with E-state index in [2.05, 4.69) is 80.6 Å². The van der Waals surface area contributed by atoms with Gasteiger partial charge in [0.2, 0.25) is 0 Å². The fraction of sp³-hybridized carbons (Fsp3) is 0.467. The molecule has 1 saturated heterocycles. The van der Waals surface area contributed by atoms with Crippen molar-refractivity contribution in [3.8, 4) is 0 Å². The van der Waals surface area contributed by atoms with Crippen LogP contribution < -0.4 is 4.31 Å². The van der Waals surface area contributed by atoms with Gasteiger partial charge in [-0.2, -0.15) is 10.2 Å². The van der Waals surface area contributed by atoms with Gasteiger partial charge in [0, 0.05) is 49.7 Å². The van der Waals surface area contributed by atoms with E-state index in [1.165, 1.54) is 17.8 Å². The lowest BCUT2D eigenvalue weighted by atomic mass is 10.0. The van der Waals surface area contributed by atoms with Gasteiger partial charge >= 0.3 is 0 Å². The molecule has 2 aromatic carbocycles. The van der Waals surface area contributed by atoms with Crippen LogP contribution in [0.1, 0.15) is 51.7 Å². The summed E-state index contributed by atoms with van der Waals surface area (Å²) in [7, 11) is 0. The summed E-state index contributed by atoms with van der Waals surface area (Å²) in [5.74, 6) is 1.01. The Bertz CT molecular complexity index is 1070. The lowest BCUT2D eigenvalue weighted by molar-refractivity contribution is 0.224. The minimum Gasteiger partial charge on any atom is -0.374 e. The summed E-state index contributed by atoms with van der Waals surface area (Å²) in [6.45, 7) is 14.6. The summed E-state index contributed by atoms with van der Waals surface area (Å²) < 4.78 is 28.1. The molecule has 2 aliphatic rings. The van der Waals surface area contributed by atoms with Crippen molar-refractivity contribution in [3.63, 3.8) is 0 Å². The van der Waals surface area contributed by atoms with Gasteiger partial charge in [0.15, 0.2) is 0 Å². The Morgan fingerprint density at radius 2 is 1.74 bits per heavy atom. The molecule has 2 aliphatic heterocycles. The maximum Gasteiger partial charge on any atom is 0.278 e. The summed E-state index contributed by atoms with van der Waals surface area (Å²) in [6, 6.07) is 18.5. The molecule has 2 aromatic rings. The Morgan fingerprint density at radius 1 is 1.00 bits per heavy atom. The Morgan fingerprint density at radius 3 is 2.39 bits per heavy atom. The summed E-state index contributed by atoms with van der Waals surface area (Å²) >= 11 is 1.86. The number of hydrogen-bond donors (Lipinski definition) is 0. The minimum absolute atomic E-state index is 0.117. The first-order valence-corrected chi connectivity index (χ1v) is 14.5. The average molecular weight is 542 g/mol. The topological polar surface area (TPSA) is 34.4 Å². The summed E-state index contributed by atoms with van der Waals surface area (Å²) in [6.07, 6.45) is 0.962. The van der Waals surface area contributed by atoms with Crippen LogP contribution in [0.2, 0.25) is 0 Å². The highest BCUT2D eigenvalue weighted by Crippen LogP contribution is 2.26. The summed E-state index contributed by atoms with van der Waals surface area (Å²) in [4.78, 5) is 5.07. The van der Waals surface area contributed by atoms with Crippen molar-refractivity contribution in [1.29, 1.82) is 0 Å². The molecule has 0 amide bonds. The molecule has 0 saturated carbocycles. The molecule has 38 heavy (non-hydrogen) atoms. The van der Waals surface area contributed by atoms with Crippen LogP contribution in [0.25, 0.3) is 0 Å². The number of nitrogens with zero attached hydrogens (tertiary/aromatic N) is 5. The number of benzene rings is 2. The van der Waals surface area contributed by atoms with Crippen molar-refractivity contribution in [3.05, 3.63) is 77.5 Å². The van der Waals surface area contributed by atoms with Gasteiger partial charge in [-0.25, -0.2) is 8.78 Å². The lowest BCUT2D eigenvalue weighted by Gasteiger charge is -2.26. The van der Waals surface area contributed by atoms with Gasteiger partial charge in [-0.3, -0.25) is 0 Å². The van der Waals surface area contributed by atoms with Crippen LogP contribution in [0.4, 0.5) is 14.5 Å². The number of allylic oxidation sites excluding steroid dienone is 2. The van der Waals surface area contributed by atoms with Gasteiger partial charge in [-0.15, -0.1) is 0 Å². The molecule has 0 N–H and O–H groups in total. The van der Waals surface area contributed by atoms with Crippen molar-refractivity contribution in [1.82, 2.24) is 9.80 Å². The summed E-state index contributed by atoms with van der Waals surface area (Å²) in [5.41, 5.74) is 5.00. The first kappa shape index (κ1) is 29.8. The second-order valence-electron chi connectivity index (χ2n) is 9.13. The van der Waals surface area contributed by atoms with Crippen molar-refractivity contribution in [2.24, 2.45) is 10.2 Å². The van der Waals surface area contributed by atoms with Crippen molar-refractivity contribution >= 4 is 29.1 Å². The van der Waals surface area contributed by atoms with E-state index in [1.54, 1.807) is 0 Å². The van der Waals surface area contributed by atoms with Gasteiger partial charge in [0.25, 0.3) is 6.43 Å². The largest absolute Gasteiger partial charge is 0.374 e. The van der Waals surface area contributed by atoms with E-state index < -0.39 is 6.43 Å². The van der Waals surface area contributed by atoms with Crippen LogP contribution in [0.3, 0.4) is 0 Å². The zero-order chi connectivity index (χ0) is 27.3. The second-order valence-corrected chi connectivity index (χ2v) is 10.2. The van der Waals surface area contributed by atoms with Crippen LogP contribution in [0.15, 0.2) is 76.6 Å². The van der Waals surface area contributed by atoms with Crippen LogP contribution in [-0.2, 0) is 6.54 Å². The number of rotatable bonds is 10. The Kier molecular flexibility index (Phi) is 12.3. The molecule has 206 valence electrons. The number of hydrogen-bond acceptors (Lipinski definition) is 6. The van der Waals surface area contributed by atoms with Crippen molar-refractivity contribution < 1.29 is 8.78 Å². The van der Waals surface area contributed by atoms with Gasteiger partial charge < -0.3 is 14.1 Å². The standard InChI is InChI=1S/C28H35F2N5S.C2H6/c1-3-22(2)34-15-7-14-33(16-17-34)18-19-36-35(25-8-5-4-6-9-25)21-23-10-12-24(13-11-23)26-20-27(28(29)30)32-31-26;1-2/h3-6,8-13,28H,7,14-21H2,1-2H3;1-2H3/b22-3+;.